The Hall–Kier alpha value is -3.88. The molecule has 168 valence electrons. The fourth-order valence-electron chi connectivity index (χ4n) is 3.18. The van der Waals surface area contributed by atoms with Gasteiger partial charge in [0.25, 0.3) is 0 Å². The average molecular weight is 438 g/mol. The molecule has 0 aliphatic rings. The highest BCUT2D eigenvalue weighted by molar-refractivity contribution is 5.84. The summed E-state index contributed by atoms with van der Waals surface area (Å²) in [5.41, 5.74) is 2.26. The van der Waals surface area contributed by atoms with Crippen LogP contribution in [0.5, 0.6) is 11.5 Å². The molecule has 32 heavy (non-hydrogen) atoms. The van der Waals surface area contributed by atoms with Crippen LogP contribution in [0.15, 0.2) is 54.7 Å². The van der Waals surface area contributed by atoms with E-state index in [1.807, 2.05) is 36.4 Å². The summed E-state index contributed by atoms with van der Waals surface area (Å²) in [5.74, 6) is 0.319. The molecule has 0 aliphatic carbocycles. The first-order valence-electron chi connectivity index (χ1n) is 10.2. The van der Waals surface area contributed by atoms with E-state index in [2.05, 4.69) is 15.6 Å². The Morgan fingerprint density at radius 2 is 1.81 bits per heavy atom. The second-order valence-electron chi connectivity index (χ2n) is 6.93. The lowest BCUT2D eigenvalue weighted by Gasteiger charge is -2.17. The van der Waals surface area contributed by atoms with Crippen LogP contribution in [0.1, 0.15) is 12.5 Å². The van der Waals surface area contributed by atoms with Crippen molar-refractivity contribution in [3.8, 4) is 22.8 Å². The number of ether oxygens (including phenoxy) is 3. The third-order valence-corrected chi connectivity index (χ3v) is 4.71. The molecule has 1 amide bonds. The van der Waals surface area contributed by atoms with E-state index in [1.165, 1.54) is 4.68 Å². The first-order chi connectivity index (χ1) is 15.5. The SMILES string of the molecule is CCOC(=O)[C@H](Cc1ccccc1)NC(=O)Cn1cc(-c2ccc(OC)c(OC)c2)nn1. The maximum atomic E-state index is 12.6. The predicted molar refractivity (Wildman–Crippen MR) is 117 cm³/mol. The quantitative estimate of drug-likeness (QED) is 0.484. The number of nitrogens with one attached hydrogen (secondary N) is 1. The molecule has 0 bridgehead atoms. The Balaban J connectivity index is 1.68. The lowest BCUT2D eigenvalue weighted by atomic mass is 10.1. The van der Waals surface area contributed by atoms with Gasteiger partial charge in [-0.25, -0.2) is 9.48 Å². The summed E-state index contributed by atoms with van der Waals surface area (Å²) >= 11 is 0. The molecule has 1 N–H and O–H groups in total. The van der Waals surface area contributed by atoms with E-state index < -0.39 is 12.0 Å². The van der Waals surface area contributed by atoms with Gasteiger partial charge in [-0.3, -0.25) is 4.79 Å². The van der Waals surface area contributed by atoms with Crippen LogP contribution >= 0.6 is 0 Å². The zero-order chi connectivity index (χ0) is 22.9. The van der Waals surface area contributed by atoms with Crippen molar-refractivity contribution in [2.45, 2.75) is 25.9 Å². The van der Waals surface area contributed by atoms with E-state index in [4.69, 9.17) is 14.2 Å². The molecule has 9 heteroatoms. The summed E-state index contributed by atoms with van der Waals surface area (Å²) in [6.07, 6.45) is 1.98. The van der Waals surface area contributed by atoms with E-state index in [1.54, 1.807) is 39.5 Å². The number of esters is 1. The molecule has 3 rings (SSSR count). The number of amides is 1. The van der Waals surface area contributed by atoms with Crippen LogP contribution in [0.25, 0.3) is 11.3 Å². The normalized spacial score (nSPS) is 11.5. The summed E-state index contributed by atoms with van der Waals surface area (Å²) in [6, 6.07) is 14.0. The van der Waals surface area contributed by atoms with E-state index in [0.29, 0.717) is 23.6 Å². The highest BCUT2D eigenvalue weighted by Crippen LogP contribution is 2.31. The van der Waals surface area contributed by atoms with Gasteiger partial charge in [0.05, 0.1) is 27.0 Å². The smallest absolute Gasteiger partial charge is 0.328 e. The minimum Gasteiger partial charge on any atom is -0.493 e. The lowest BCUT2D eigenvalue weighted by Crippen LogP contribution is -2.44. The van der Waals surface area contributed by atoms with Crippen molar-refractivity contribution < 1.29 is 23.8 Å². The number of carbonyl (C=O) groups is 2. The Bertz CT molecular complexity index is 1050. The van der Waals surface area contributed by atoms with Gasteiger partial charge in [-0.1, -0.05) is 35.5 Å². The molecule has 2 aromatic carbocycles. The summed E-state index contributed by atoms with van der Waals surface area (Å²) in [6.45, 7) is 1.87. The van der Waals surface area contributed by atoms with Crippen molar-refractivity contribution in [2.75, 3.05) is 20.8 Å². The topological polar surface area (TPSA) is 105 Å². The number of aromatic nitrogens is 3. The van der Waals surface area contributed by atoms with Gasteiger partial charge in [0, 0.05) is 12.0 Å². The molecule has 0 saturated heterocycles. The van der Waals surface area contributed by atoms with E-state index in [-0.39, 0.29) is 19.1 Å². The molecular formula is C23H26N4O5. The second-order valence-corrected chi connectivity index (χ2v) is 6.93. The van der Waals surface area contributed by atoms with Crippen LogP contribution in [0.3, 0.4) is 0 Å². The second kappa shape index (κ2) is 10.9. The number of hydrogen-bond donors (Lipinski definition) is 1. The van der Waals surface area contributed by atoms with Crippen LogP contribution in [-0.4, -0.2) is 53.7 Å². The molecule has 9 nitrogen and oxygen atoms in total. The molecule has 0 unspecified atom stereocenters. The maximum absolute atomic E-state index is 12.6. The van der Waals surface area contributed by atoms with E-state index >= 15 is 0 Å². The number of benzene rings is 2. The fourth-order valence-corrected chi connectivity index (χ4v) is 3.18. The first kappa shape index (κ1) is 22.8. The van der Waals surface area contributed by atoms with E-state index in [9.17, 15) is 9.59 Å². The molecule has 0 saturated carbocycles. The molecule has 1 heterocycles. The van der Waals surface area contributed by atoms with Gasteiger partial charge in [-0.05, 0) is 30.7 Å². The molecule has 0 spiro atoms. The largest absolute Gasteiger partial charge is 0.493 e. The minimum absolute atomic E-state index is 0.0923. The Kier molecular flexibility index (Phi) is 7.80. The lowest BCUT2D eigenvalue weighted by molar-refractivity contribution is -0.147. The zero-order valence-electron chi connectivity index (χ0n) is 18.3. The van der Waals surface area contributed by atoms with Crippen LogP contribution in [0, 0.1) is 0 Å². The highest BCUT2D eigenvalue weighted by atomic mass is 16.5. The van der Waals surface area contributed by atoms with Crippen LogP contribution in [-0.2, 0) is 27.3 Å². The fraction of sp³-hybridized carbons (Fsp3) is 0.304. The molecule has 0 fully saturated rings. The summed E-state index contributed by atoms with van der Waals surface area (Å²) < 4.78 is 17.1. The third-order valence-electron chi connectivity index (χ3n) is 4.71. The van der Waals surface area contributed by atoms with Crippen molar-refractivity contribution >= 4 is 11.9 Å². The number of nitrogens with zero attached hydrogens (tertiary/aromatic N) is 3. The maximum Gasteiger partial charge on any atom is 0.328 e. The van der Waals surface area contributed by atoms with Crippen molar-refractivity contribution in [3.05, 3.63) is 60.3 Å². The summed E-state index contributed by atoms with van der Waals surface area (Å²) in [7, 11) is 3.12. The standard InChI is InChI=1S/C23H26N4O5/c1-4-32-23(29)18(12-16-8-6-5-7-9-16)24-22(28)15-27-14-19(25-26-27)17-10-11-20(30-2)21(13-17)31-3/h5-11,13-14,18H,4,12,15H2,1-3H3,(H,24,28)/t18-/m0/s1. The Morgan fingerprint density at radius 1 is 1.06 bits per heavy atom. The van der Waals surface area contributed by atoms with Gasteiger partial charge in [-0.2, -0.15) is 0 Å². The predicted octanol–water partition coefficient (Wildman–Crippen LogP) is 2.25. The van der Waals surface area contributed by atoms with E-state index in [0.717, 1.165) is 11.1 Å². The average Bonchev–Trinajstić information content (AvgIpc) is 3.27. The molecule has 1 aromatic heterocycles. The third kappa shape index (κ3) is 5.84. The van der Waals surface area contributed by atoms with Gasteiger partial charge in [0.2, 0.25) is 5.91 Å². The van der Waals surface area contributed by atoms with Crippen LogP contribution in [0.4, 0.5) is 0 Å². The monoisotopic (exact) mass is 438 g/mol. The van der Waals surface area contributed by atoms with Crippen LogP contribution < -0.4 is 14.8 Å². The van der Waals surface area contributed by atoms with Crippen molar-refractivity contribution in [2.24, 2.45) is 0 Å². The number of rotatable bonds is 10. The van der Waals surface area contributed by atoms with Gasteiger partial charge < -0.3 is 19.5 Å². The molecule has 0 aliphatic heterocycles. The summed E-state index contributed by atoms with van der Waals surface area (Å²) in [4.78, 5) is 25.0. The van der Waals surface area contributed by atoms with Gasteiger partial charge in [0.1, 0.15) is 18.3 Å². The minimum atomic E-state index is -0.793. The molecule has 3 aromatic rings. The first-order valence-corrected chi connectivity index (χ1v) is 10.2. The van der Waals surface area contributed by atoms with Crippen molar-refractivity contribution in [3.63, 3.8) is 0 Å². The van der Waals surface area contributed by atoms with Crippen molar-refractivity contribution in [1.82, 2.24) is 20.3 Å². The highest BCUT2D eigenvalue weighted by Gasteiger charge is 2.23. The summed E-state index contributed by atoms with van der Waals surface area (Å²) in [5, 5.41) is 10.9. The number of carbonyl (C=O) groups excluding carboxylic acids is 2. The number of methoxy groups -OCH3 is 2. The zero-order valence-corrected chi connectivity index (χ0v) is 18.3. The number of hydrogen-bond acceptors (Lipinski definition) is 7. The van der Waals surface area contributed by atoms with Crippen LogP contribution in [0.2, 0.25) is 0 Å². The molecule has 1 atom stereocenters. The Morgan fingerprint density at radius 3 is 2.50 bits per heavy atom. The van der Waals surface area contributed by atoms with Gasteiger partial charge in [0.15, 0.2) is 11.5 Å². The van der Waals surface area contributed by atoms with Crippen molar-refractivity contribution in [1.29, 1.82) is 0 Å². The van der Waals surface area contributed by atoms with Gasteiger partial charge >= 0.3 is 5.97 Å². The van der Waals surface area contributed by atoms with Gasteiger partial charge in [-0.15, -0.1) is 5.10 Å². The molecular weight excluding hydrogens is 412 g/mol. The molecule has 0 radical (unpaired) electrons. The Labute approximate surface area is 186 Å².